The van der Waals surface area contributed by atoms with Crippen LogP contribution < -0.4 is 5.32 Å². The molecule has 8 heteroatoms. The third kappa shape index (κ3) is 3.54. The van der Waals surface area contributed by atoms with Gasteiger partial charge in [0.05, 0.1) is 5.69 Å². The fraction of sp³-hybridized carbons (Fsp3) is 0.231. The molecule has 21 heavy (non-hydrogen) atoms. The number of hydrogen-bond donors (Lipinski definition) is 2. The highest BCUT2D eigenvalue weighted by Crippen LogP contribution is 2.22. The molecule has 3 rings (SSSR count). The van der Waals surface area contributed by atoms with E-state index in [0.29, 0.717) is 25.2 Å². The van der Waals surface area contributed by atoms with E-state index in [0.717, 1.165) is 11.3 Å². The molecular weight excluding hydrogens is 288 g/mol. The number of hydrogen-bond acceptors (Lipinski definition) is 5. The molecule has 0 aromatic carbocycles. The van der Waals surface area contributed by atoms with E-state index in [2.05, 4.69) is 25.6 Å². The Balaban J connectivity index is 1.48. The zero-order chi connectivity index (χ0) is 14.5. The Morgan fingerprint density at radius 2 is 2.43 bits per heavy atom. The van der Waals surface area contributed by atoms with Crippen LogP contribution in [0.4, 0.5) is 5.82 Å². The van der Waals surface area contributed by atoms with Crippen LogP contribution in [0.15, 0.2) is 35.5 Å². The molecule has 108 valence electrons. The predicted octanol–water partition coefficient (Wildman–Crippen LogP) is 2.15. The first-order valence-corrected chi connectivity index (χ1v) is 7.46. The number of aryl methyl sites for hydroxylation is 1. The molecule has 3 heterocycles. The molecule has 0 unspecified atom stereocenters. The van der Waals surface area contributed by atoms with Gasteiger partial charge in [0.25, 0.3) is 0 Å². The minimum Gasteiger partial charge on any atom is -0.309 e. The molecule has 0 fully saturated rings. The van der Waals surface area contributed by atoms with Crippen molar-refractivity contribution in [2.75, 3.05) is 5.32 Å². The summed E-state index contributed by atoms with van der Waals surface area (Å²) in [6.07, 6.45) is 4.24. The number of carbonyl (C=O) groups is 1. The number of aromatic nitrogens is 5. The summed E-state index contributed by atoms with van der Waals surface area (Å²) in [6, 6.07) is 3.83. The average Bonchev–Trinajstić information content (AvgIpc) is 3.21. The van der Waals surface area contributed by atoms with E-state index in [1.807, 2.05) is 22.9 Å². The SMILES string of the molecule is O=C(CCCn1cncn1)Nc1cc(-c2ccsc2)[nH]n1. The number of rotatable bonds is 6. The summed E-state index contributed by atoms with van der Waals surface area (Å²) in [4.78, 5) is 15.7. The number of amides is 1. The zero-order valence-electron chi connectivity index (χ0n) is 11.2. The molecule has 0 radical (unpaired) electrons. The lowest BCUT2D eigenvalue weighted by atomic mass is 10.2. The lowest BCUT2D eigenvalue weighted by Crippen LogP contribution is -2.12. The van der Waals surface area contributed by atoms with Crippen LogP contribution >= 0.6 is 11.3 Å². The second-order valence-corrected chi connectivity index (χ2v) is 5.27. The standard InChI is InChI=1S/C13H14N6OS/c20-13(2-1-4-19-9-14-8-15-19)16-12-6-11(17-18-12)10-3-5-21-7-10/h3,5-9H,1-2,4H2,(H2,16,17,18,20). The van der Waals surface area contributed by atoms with Crippen molar-refractivity contribution in [1.82, 2.24) is 25.0 Å². The molecule has 0 saturated heterocycles. The second-order valence-electron chi connectivity index (χ2n) is 4.49. The average molecular weight is 302 g/mol. The molecule has 0 aliphatic carbocycles. The Morgan fingerprint density at radius 3 is 3.19 bits per heavy atom. The maximum Gasteiger partial charge on any atom is 0.225 e. The Kier molecular flexibility index (Phi) is 4.06. The lowest BCUT2D eigenvalue weighted by molar-refractivity contribution is -0.116. The number of anilines is 1. The number of H-pyrrole nitrogens is 1. The monoisotopic (exact) mass is 302 g/mol. The van der Waals surface area contributed by atoms with E-state index >= 15 is 0 Å². The quantitative estimate of drug-likeness (QED) is 0.730. The van der Waals surface area contributed by atoms with Gasteiger partial charge in [-0.05, 0) is 17.9 Å². The number of nitrogens with zero attached hydrogens (tertiary/aromatic N) is 4. The number of thiophene rings is 1. The highest BCUT2D eigenvalue weighted by molar-refractivity contribution is 7.08. The van der Waals surface area contributed by atoms with Crippen LogP contribution in [-0.2, 0) is 11.3 Å². The van der Waals surface area contributed by atoms with Gasteiger partial charge >= 0.3 is 0 Å². The van der Waals surface area contributed by atoms with Gasteiger partial charge in [0.15, 0.2) is 5.82 Å². The Bertz CT molecular complexity index is 688. The molecule has 0 saturated carbocycles. The summed E-state index contributed by atoms with van der Waals surface area (Å²) in [5.74, 6) is 0.487. The number of carbonyl (C=O) groups excluding carboxylic acids is 1. The van der Waals surface area contributed by atoms with Crippen molar-refractivity contribution in [3.8, 4) is 11.3 Å². The van der Waals surface area contributed by atoms with E-state index in [-0.39, 0.29) is 5.91 Å². The van der Waals surface area contributed by atoms with Gasteiger partial charge in [-0.2, -0.15) is 21.5 Å². The summed E-state index contributed by atoms with van der Waals surface area (Å²) in [6.45, 7) is 0.675. The first kappa shape index (κ1) is 13.5. The minimum absolute atomic E-state index is 0.0570. The van der Waals surface area contributed by atoms with Crippen LogP contribution in [-0.4, -0.2) is 30.9 Å². The first-order valence-electron chi connectivity index (χ1n) is 6.51. The minimum atomic E-state index is -0.0570. The molecule has 0 spiro atoms. The van der Waals surface area contributed by atoms with E-state index in [1.165, 1.54) is 6.33 Å². The topological polar surface area (TPSA) is 88.5 Å². The maximum atomic E-state index is 11.8. The van der Waals surface area contributed by atoms with Crippen molar-refractivity contribution in [3.05, 3.63) is 35.5 Å². The van der Waals surface area contributed by atoms with Gasteiger partial charge in [0.2, 0.25) is 5.91 Å². The van der Waals surface area contributed by atoms with Gasteiger partial charge < -0.3 is 5.32 Å². The highest BCUT2D eigenvalue weighted by Gasteiger charge is 2.07. The highest BCUT2D eigenvalue weighted by atomic mass is 32.1. The molecule has 7 nitrogen and oxygen atoms in total. The van der Waals surface area contributed by atoms with Crippen molar-refractivity contribution in [3.63, 3.8) is 0 Å². The van der Waals surface area contributed by atoms with Crippen molar-refractivity contribution >= 4 is 23.1 Å². The van der Waals surface area contributed by atoms with Crippen LogP contribution in [0.2, 0.25) is 0 Å². The van der Waals surface area contributed by atoms with Crippen LogP contribution in [0.1, 0.15) is 12.8 Å². The van der Waals surface area contributed by atoms with Crippen molar-refractivity contribution < 1.29 is 4.79 Å². The maximum absolute atomic E-state index is 11.8. The normalized spacial score (nSPS) is 10.7. The summed E-state index contributed by atoms with van der Waals surface area (Å²) in [7, 11) is 0. The lowest BCUT2D eigenvalue weighted by Gasteiger charge is -2.01. The van der Waals surface area contributed by atoms with E-state index in [1.54, 1.807) is 22.3 Å². The van der Waals surface area contributed by atoms with Crippen molar-refractivity contribution in [1.29, 1.82) is 0 Å². The second kappa shape index (κ2) is 6.31. The molecule has 1 amide bonds. The Labute approximate surface area is 125 Å². The van der Waals surface area contributed by atoms with Gasteiger partial charge in [0, 0.05) is 30.0 Å². The number of aromatic amines is 1. The third-order valence-electron chi connectivity index (χ3n) is 2.94. The summed E-state index contributed by atoms with van der Waals surface area (Å²) < 4.78 is 1.70. The molecule has 3 aromatic heterocycles. The molecular formula is C13H14N6OS. The molecule has 0 aliphatic rings. The largest absolute Gasteiger partial charge is 0.309 e. The van der Waals surface area contributed by atoms with Crippen LogP contribution in [0, 0.1) is 0 Å². The van der Waals surface area contributed by atoms with E-state index < -0.39 is 0 Å². The third-order valence-corrected chi connectivity index (χ3v) is 3.62. The van der Waals surface area contributed by atoms with Gasteiger partial charge in [0.1, 0.15) is 12.7 Å². The van der Waals surface area contributed by atoms with E-state index in [4.69, 9.17) is 0 Å². The molecule has 2 N–H and O–H groups in total. The predicted molar refractivity (Wildman–Crippen MR) is 79.8 cm³/mol. The van der Waals surface area contributed by atoms with Gasteiger partial charge in [-0.1, -0.05) is 0 Å². The van der Waals surface area contributed by atoms with Crippen LogP contribution in [0.25, 0.3) is 11.3 Å². The summed E-state index contributed by atoms with van der Waals surface area (Å²) in [5.41, 5.74) is 1.97. The summed E-state index contributed by atoms with van der Waals surface area (Å²) >= 11 is 1.62. The van der Waals surface area contributed by atoms with Gasteiger partial charge in [-0.25, -0.2) is 4.98 Å². The first-order chi connectivity index (χ1) is 10.3. The Hall–Kier alpha value is -2.48. The van der Waals surface area contributed by atoms with Gasteiger partial charge in [-0.15, -0.1) is 0 Å². The van der Waals surface area contributed by atoms with Gasteiger partial charge in [-0.3, -0.25) is 14.6 Å². The fourth-order valence-electron chi connectivity index (χ4n) is 1.91. The zero-order valence-corrected chi connectivity index (χ0v) is 12.0. The molecule has 0 bridgehead atoms. The smallest absolute Gasteiger partial charge is 0.225 e. The summed E-state index contributed by atoms with van der Waals surface area (Å²) in [5, 5.41) is 17.8. The molecule has 3 aromatic rings. The fourth-order valence-corrected chi connectivity index (χ4v) is 2.56. The molecule has 0 aliphatic heterocycles. The Morgan fingerprint density at radius 1 is 1.48 bits per heavy atom. The number of nitrogens with one attached hydrogen (secondary N) is 2. The van der Waals surface area contributed by atoms with E-state index in [9.17, 15) is 4.79 Å². The molecule has 0 atom stereocenters. The van der Waals surface area contributed by atoms with Crippen molar-refractivity contribution in [2.45, 2.75) is 19.4 Å². The van der Waals surface area contributed by atoms with Crippen LogP contribution in [0.5, 0.6) is 0 Å². The van der Waals surface area contributed by atoms with Crippen LogP contribution in [0.3, 0.4) is 0 Å². The van der Waals surface area contributed by atoms with Crippen molar-refractivity contribution in [2.24, 2.45) is 0 Å².